The maximum absolute atomic E-state index is 13.1. The zero-order valence-electron chi connectivity index (χ0n) is 10.5. The van der Waals surface area contributed by atoms with Crippen molar-refractivity contribution in [1.29, 1.82) is 0 Å². The van der Waals surface area contributed by atoms with E-state index in [1.165, 1.54) is 48.7 Å². The Bertz CT molecular complexity index is 629. The predicted octanol–water partition coefficient (Wildman–Crippen LogP) is 3.46. The van der Waals surface area contributed by atoms with Gasteiger partial charge in [-0.1, -0.05) is 18.2 Å². The minimum Gasteiger partial charge on any atom is -0.478 e. The molecule has 4 nitrogen and oxygen atoms in total. The fourth-order valence-corrected chi connectivity index (χ4v) is 1.70. The van der Waals surface area contributed by atoms with E-state index in [0.717, 1.165) is 0 Å². The molecule has 2 aromatic rings. The van der Waals surface area contributed by atoms with E-state index < -0.39 is 18.2 Å². The molecular weight excluding hydrogens is 287 g/mol. The fraction of sp³-hybridized carbons (Fsp3) is 0.143. The lowest BCUT2D eigenvalue weighted by Gasteiger charge is -2.22. The highest BCUT2D eigenvalue weighted by atomic mass is 19.4. The van der Waals surface area contributed by atoms with E-state index in [2.05, 4.69) is 4.98 Å². The molecule has 0 fully saturated rings. The first-order valence-electron chi connectivity index (χ1n) is 5.86. The number of carboxylic acid groups (broad SMARTS) is 1. The second-order valence-electron chi connectivity index (χ2n) is 4.10. The van der Waals surface area contributed by atoms with E-state index in [9.17, 15) is 18.0 Å². The van der Waals surface area contributed by atoms with Crippen molar-refractivity contribution in [3.8, 4) is 5.75 Å². The van der Waals surface area contributed by atoms with Crippen LogP contribution in [0.15, 0.2) is 48.7 Å². The molecule has 0 aliphatic heterocycles. The zero-order valence-corrected chi connectivity index (χ0v) is 10.5. The van der Waals surface area contributed by atoms with Gasteiger partial charge in [0.15, 0.2) is 0 Å². The van der Waals surface area contributed by atoms with E-state index in [1.54, 1.807) is 0 Å². The molecule has 1 N–H and O–H groups in total. The molecule has 21 heavy (non-hydrogen) atoms. The minimum atomic E-state index is -4.72. The number of rotatable bonds is 4. The fourth-order valence-electron chi connectivity index (χ4n) is 1.70. The molecule has 0 saturated carbocycles. The molecule has 0 bridgehead atoms. The molecule has 0 aliphatic rings. The summed E-state index contributed by atoms with van der Waals surface area (Å²) in [4.78, 5) is 14.6. The molecule has 1 aromatic carbocycles. The van der Waals surface area contributed by atoms with E-state index >= 15 is 0 Å². The number of carboxylic acids is 1. The van der Waals surface area contributed by atoms with Gasteiger partial charge in [-0.3, -0.25) is 4.98 Å². The van der Waals surface area contributed by atoms with Crippen molar-refractivity contribution in [2.75, 3.05) is 0 Å². The Balaban J connectivity index is 2.40. The van der Waals surface area contributed by atoms with Crippen molar-refractivity contribution in [2.45, 2.75) is 12.3 Å². The number of alkyl halides is 3. The highest BCUT2D eigenvalue weighted by Crippen LogP contribution is 2.36. The molecular formula is C14H10F3NO3. The van der Waals surface area contributed by atoms with Crippen LogP contribution in [-0.2, 0) is 0 Å². The summed E-state index contributed by atoms with van der Waals surface area (Å²) < 4.78 is 44.2. The molecule has 2 rings (SSSR count). The van der Waals surface area contributed by atoms with Crippen LogP contribution in [0.5, 0.6) is 5.75 Å². The molecule has 0 spiro atoms. The van der Waals surface area contributed by atoms with Gasteiger partial charge in [-0.25, -0.2) is 4.79 Å². The van der Waals surface area contributed by atoms with Gasteiger partial charge in [-0.2, -0.15) is 13.2 Å². The van der Waals surface area contributed by atoms with Crippen molar-refractivity contribution < 1.29 is 27.8 Å². The number of aromatic nitrogens is 1. The van der Waals surface area contributed by atoms with Crippen molar-refractivity contribution in [1.82, 2.24) is 4.98 Å². The summed E-state index contributed by atoms with van der Waals surface area (Å²) in [7, 11) is 0. The number of benzene rings is 1. The van der Waals surface area contributed by atoms with Gasteiger partial charge in [0, 0.05) is 6.20 Å². The third-order valence-electron chi connectivity index (χ3n) is 2.62. The average molecular weight is 297 g/mol. The Morgan fingerprint density at radius 1 is 1.14 bits per heavy atom. The topological polar surface area (TPSA) is 59.4 Å². The van der Waals surface area contributed by atoms with E-state index in [-0.39, 0.29) is 17.0 Å². The van der Waals surface area contributed by atoms with Gasteiger partial charge in [0.25, 0.3) is 0 Å². The molecule has 110 valence electrons. The van der Waals surface area contributed by atoms with Crippen LogP contribution in [0.25, 0.3) is 0 Å². The van der Waals surface area contributed by atoms with Crippen molar-refractivity contribution in [3.05, 3.63) is 59.9 Å². The number of ether oxygens (including phenoxy) is 1. The van der Waals surface area contributed by atoms with Crippen molar-refractivity contribution in [3.63, 3.8) is 0 Å². The minimum absolute atomic E-state index is 0.342. The van der Waals surface area contributed by atoms with Crippen LogP contribution < -0.4 is 4.74 Å². The van der Waals surface area contributed by atoms with Gasteiger partial charge in [-0.15, -0.1) is 0 Å². The molecule has 1 aromatic heterocycles. The summed E-state index contributed by atoms with van der Waals surface area (Å²) in [5.74, 6) is -1.73. The number of hydrogen-bond acceptors (Lipinski definition) is 3. The first-order chi connectivity index (χ1) is 9.89. The highest BCUT2D eigenvalue weighted by molar-refractivity contribution is 5.90. The van der Waals surface area contributed by atoms with Gasteiger partial charge in [0.2, 0.25) is 6.10 Å². The van der Waals surface area contributed by atoms with Crippen LogP contribution in [-0.4, -0.2) is 22.2 Å². The quantitative estimate of drug-likeness (QED) is 0.938. The molecule has 1 heterocycles. The Hall–Kier alpha value is -2.57. The van der Waals surface area contributed by atoms with Gasteiger partial charge in [0.05, 0.1) is 5.69 Å². The summed E-state index contributed by atoms with van der Waals surface area (Å²) in [6, 6.07) is 9.18. The van der Waals surface area contributed by atoms with Gasteiger partial charge < -0.3 is 9.84 Å². The van der Waals surface area contributed by atoms with Gasteiger partial charge in [0.1, 0.15) is 11.3 Å². The molecule has 0 amide bonds. The van der Waals surface area contributed by atoms with Crippen LogP contribution >= 0.6 is 0 Å². The largest absolute Gasteiger partial charge is 0.478 e. The van der Waals surface area contributed by atoms with Gasteiger partial charge in [-0.05, 0) is 24.3 Å². The van der Waals surface area contributed by atoms with Crippen molar-refractivity contribution in [2.24, 2.45) is 0 Å². The second kappa shape index (κ2) is 5.82. The van der Waals surface area contributed by atoms with E-state index in [1.807, 2.05) is 0 Å². The molecule has 0 radical (unpaired) electrons. The maximum Gasteiger partial charge on any atom is 0.431 e. The lowest BCUT2D eigenvalue weighted by atomic mass is 10.2. The Morgan fingerprint density at radius 2 is 1.81 bits per heavy atom. The van der Waals surface area contributed by atoms with E-state index in [4.69, 9.17) is 9.84 Å². The summed E-state index contributed by atoms with van der Waals surface area (Å²) in [5.41, 5.74) is -0.687. The lowest BCUT2D eigenvalue weighted by molar-refractivity contribution is -0.199. The molecule has 7 heteroatoms. The second-order valence-corrected chi connectivity index (χ2v) is 4.10. The zero-order chi connectivity index (χ0) is 15.5. The standard InChI is InChI=1S/C14H10F3NO3/c15-14(16,17)12(10-6-3-4-8-18-10)21-11-7-2-1-5-9(11)13(19)20/h1-8,12H,(H,19,20). The highest BCUT2D eigenvalue weighted by Gasteiger charge is 2.44. The van der Waals surface area contributed by atoms with Gasteiger partial charge >= 0.3 is 12.1 Å². The summed E-state index contributed by atoms with van der Waals surface area (Å²) in [6.45, 7) is 0. The molecule has 1 atom stereocenters. The number of hydrogen-bond donors (Lipinski definition) is 1. The number of aromatic carboxylic acids is 1. The first-order valence-corrected chi connectivity index (χ1v) is 5.86. The smallest absolute Gasteiger partial charge is 0.431 e. The third-order valence-corrected chi connectivity index (χ3v) is 2.62. The number of halogens is 3. The number of pyridine rings is 1. The van der Waals surface area contributed by atoms with Crippen molar-refractivity contribution >= 4 is 5.97 Å². The Labute approximate surface area is 117 Å². The maximum atomic E-state index is 13.1. The number of nitrogens with zero attached hydrogens (tertiary/aromatic N) is 1. The van der Waals surface area contributed by atoms with Crippen LogP contribution in [0.4, 0.5) is 13.2 Å². The Kier molecular flexibility index (Phi) is 4.11. The van der Waals surface area contributed by atoms with E-state index in [0.29, 0.717) is 0 Å². The summed E-state index contributed by atoms with van der Waals surface area (Å²) >= 11 is 0. The monoisotopic (exact) mass is 297 g/mol. The number of para-hydroxylation sites is 1. The van der Waals surface area contributed by atoms with Crippen LogP contribution in [0.3, 0.4) is 0 Å². The SMILES string of the molecule is O=C(O)c1ccccc1OC(c1ccccn1)C(F)(F)F. The molecule has 0 aliphatic carbocycles. The summed E-state index contributed by atoms with van der Waals surface area (Å²) in [6.07, 6.45) is -5.85. The van der Waals surface area contributed by atoms with Crippen LogP contribution in [0.2, 0.25) is 0 Å². The normalized spacial score (nSPS) is 12.7. The Morgan fingerprint density at radius 3 is 2.38 bits per heavy atom. The third kappa shape index (κ3) is 3.50. The first kappa shape index (κ1) is 14.8. The molecule has 0 saturated heterocycles. The number of carbonyl (C=O) groups is 1. The van der Waals surface area contributed by atoms with Crippen LogP contribution in [0, 0.1) is 0 Å². The van der Waals surface area contributed by atoms with Crippen LogP contribution in [0.1, 0.15) is 22.2 Å². The summed E-state index contributed by atoms with van der Waals surface area (Å²) in [5, 5.41) is 8.98. The average Bonchev–Trinajstić information content (AvgIpc) is 2.44. The lowest BCUT2D eigenvalue weighted by Crippen LogP contribution is -2.27. The molecule has 1 unspecified atom stereocenters. The predicted molar refractivity (Wildman–Crippen MR) is 67.1 cm³/mol.